The molecule has 0 bridgehead atoms. The molecule has 5 nitrogen and oxygen atoms in total. The lowest BCUT2D eigenvalue weighted by Gasteiger charge is -2.35. The number of nitrogens with zero attached hydrogens (tertiary/aromatic N) is 3. The van der Waals surface area contributed by atoms with E-state index in [1.165, 1.54) is 12.1 Å². The van der Waals surface area contributed by atoms with Gasteiger partial charge in [-0.15, -0.1) is 0 Å². The third-order valence-corrected chi connectivity index (χ3v) is 7.08. The Morgan fingerprint density at radius 1 is 1.09 bits per heavy atom. The number of rotatable bonds is 7. The first-order valence-corrected chi connectivity index (χ1v) is 11.7. The van der Waals surface area contributed by atoms with Crippen LogP contribution in [0.5, 0.6) is 5.75 Å². The summed E-state index contributed by atoms with van der Waals surface area (Å²) in [6, 6.07) is 11.6. The lowest BCUT2D eigenvalue weighted by atomic mass is 10.2. The molecule has 11 heteroatoms. The minimum absolute atomic E-state index is 0.0426. The van der Waals surface area contributed by atoms with E-state index in [0.29, 0.717) is 34.2 Å². The third kappa shape index (κ3) is 5.18. The summed E-state index contributed by atoms with van der Waals surface area (Å²) in [6.45, 7) is 1.16. The van der Waals surface area contributed by atoms with Gasteiger partial charge in [-0.1, -0.05) is 17.7 Å². The molecule has 0 aliphatic carbocycles. The van der Waals surface area contributed by atoms with E-state index in [4.69, 9.17) is 16.3 Å². The average molecular weight is 504 g/mol. The van der Waals surface area contributed by atoms with Crippen molar-refractivity contribution in [2.75, 3.05) is 44.7 Å². The molecular weight excluding hydrogens is 482 g/mol. The van der Waals surface area contributed by atoms with Crippen LogP contribution in [0.3, 0.4) is 0 Å². The van der Waals surface area contributed by atoms with Crippen LogP contribution in [0.1, 0.15) is 0 Å². The maximum atomic E-state index is 13.5. The highest BCUT2D eigenvalue weighted by atomic mass is 35.5. The zero-order valence-electron chi connectivity index (χ0n) is 17.7. The Labute approximate surface area is 196 Å². The van der Waals surface area contributed by atoms with Crippen LogP contribution in [-0.4, -0.2) is 65.6 Å². The van der Waals surface area contributed by atoms with Crippen LogP contribution in [0.2, 0.25) is 5.02 Å². The van der Waals surface area contributed by atoms with Crippen molar-refractivity contribution in [1.29, 1.82) is 0 Å². The molecule has 0 saturated carbocycles. The van der Waals surface area contributed by atoms with Crippen LogP contribution < -0.4 is 9.64 Å². The van der Waals surface area contributed by atoms with Gasteiger partial charge in [0.05, 0.1) is 17.4 Å². The van der Waals surface area contributed by atoms with Gasteiger partial charge >= 0.3 is 12.3 Å². The van der Waals surface area contributed by atoms with Gasteiger partial charge in [-0.3, -0.25) is 0 Å². The maximum absolute atomic E-state index is 13.5. The van der Waals surface area contributed by atoms with E-state index in [9.17, 15) is 22.1 Å². The highest BCUT2D eigenvalue weighted by Gasteiger charge is 2.42. The predicted octanol–water partition coefficient (Wildman–Crippen LogP) is 4.90. The van der Waals surface area contributed by atoms with Gasteiger partial charge in [-0.2, -0.15) is 12.8 Å². The minimum atomic E-state index is -4.27. The standard InChI is InChI=1S/C22H22ClF4N3O2S/c1-28-8-10-29(11-9-28)19-13-17(4-5-20(19)32-14-22(26,27)21(24)25)33(31)30-7-6-15-2-3-16(23)12-18(15)30/h2-7,12-13,21H,8-11,14H2,1H3. The largest absolute Gasteiger partial charge is 0.587 e. The molecule has 1 fully saturated rings. The Morgan fingerprint density at radius 2 is 1.82 bits per heavy atom. The van der Waals surface area contributed by atoms with E-state index >= 15 is 0 Å². The lowest BCUT2D eigenvalue weighted by molar-refractivity contribution is -0.148. The van der Waals surface area contributed by atoms with Crippen molar-refractivity contribution >= 4 is 39.6 Å². The molecule has 2 heterocycles. The number of aromatic nitrogens is 1. The van der Waals surface area contributed by atoms with Gasteiger partial charge < -0.3 is 19.1 Å². The summed E-state index contributed by atoms with van der Waals surface area (Å²) in [5.74, 6) is -4.23. The number of halogens is 5. The van der Waals surface area contributed by atoms with E-state index in [1.807, 2.05) is 24.1 Å². The molecule has 1 saturated heterocycles. The van der Waals surface area contributed by atoms with E-state index in [-0.39, 0.29) is 5.75 Å². The summed E-state index contributed by atoms with van der Waals surface area (Å²) in [6.07, 6.45) is -2.15. The Bertz CT molecular complexity index is 1120. The lowest BCUT2D eigenvalue weighted by Crippen LogP contribution is -2.44. The number of benzene rings is 2. The predicted molar refractivity (Wildman–Crippen MR) is 121 cm³/mol. The molecule has 0 spiro atoms. The first kappa shape index (κ1) is 24.0. The number of piperazine rings is 1. The van der Waals surface area contributed by atoms with Crippen LogP contribution in [0, 0.1) is 0 Å². The van der Waals surface area contributed by atoms with Gasteiger partial charge in [0, 0.05) is 42.7 Å². The number of fused-ring (bicyclic) bond motifs is 1. The van der Waals surface area contributed by atoms with Crippen molar-refractivity contribution in [3.63, 3.8) is 0 Å². The molecule has 2 aromatic carbocycles. The molecule has 1 aromatic heterocycles. The highest BCUT2D eigenvalue weighted by molar-refractivity contribution is 7.90. The number of hydrogen-bond acceptors (Lipinski definition) is 4. The molecular formula is C22H22ClF4N3O2S. The topological polar surface area (TPSA) is 43.7 Å². The Balaban J connectivity index is 1.67. The zero-order valence-corrected chi connectivity index (χ0v) is 19.3. The molecule has 1 unspecified atom stereocenters. The van der Waals surface area contributed by atoms with E-state index < -0.39 is 30.3 Å². The minimum Gasteiger partial charge on any atom is -0.587 e. The van der Waals surface area contributed by atoms with Crippen LogP contribution >= 0.6 is 11.6 Å². The smallest absolute Gasteiger partial charge is 0.340 e. The summed E-state index contributed by atoms with van der Waals surface area (Å²) in [5, 5.41) is 1.36. The molecule has 1 atom stereocenters. The molecule has 3 aromatic rings. The van der Waals surface area contributed by atoms with Gasteiger partial charge in [-0.05, 0) is 37.4 Å². The quantitative estimate of drug-likeness (QED) is 0.340. The highest BCUT2D eigenvalue weighted by Crippen LogP contribution is 2.35. The fourth-order valence-corrected chi connectivity index (χ4v) is 4.89. The van der Waals surface area contributed by atoms with Crippen LogP contribution in [0.4, 0.5) is 23.2 Å². The number of likely N-dealkylation sites (N-methyl/N-ethyl adjacent to an activating group) is 1. The molecule has 4 rings (SSSR count). The maximum Gasteiger partial charge on any atom is 0.340 e. The van der Waals surface area contributed by atoms with Crippen molar-refractivity contribution in [3.8, 4) is 5.75 Å². The van der Waals surface area contributed by atoms with Crippen LogP contribution in [0.25, 0.3) is 10.9 Å². The first-order valence-electron chi connectivity index (χ1n) is 10.2. The molecule has 0 radical (unpaired) electrons. The normalized spacial score (nSPS) is 16.5. The van der Waals surface area contributed by atoms with E-state index in [0.717, 1.165) is 18.5 Å². The van der Waals surface area contributed by atoms with Crippen molar-refractivity contribution in [2.24, 2.45) is 0 Å². The van der Waals surface area contributed by atoms with Gasteiger partial charge in [-0.25, -0.2) is 8.78 Å². The summed E-state index contributed by atoms with van der Waals surface area (Å²) >= 11 is 4.44. The molecule has 33 heavy (non-hydrogen) atoms. The van der Waals surface area contributed by atoms with Gasteiger partial charge in [0.1, 0.15) is 17.1 Å². The summed E-state index contributed by atoms with van der Waals surface area (Å²) < 4.78 is 72.2. The average Bonchev–Trinajstić information content (AvgIpc) is 3.20. The Kier molecular flexibility index (Phi) is 6.99. The number of anilines is 1. The molecule has 178 valence electrons. The third-order valence-electron chi connectivity index (χ3n) is 5.51. The number of alkyl halides is 4. The van der Waals surface area contributed by atoms with Crippen LogP contribution in [-0.2, 0) is 11.4 Å². The monoisotopic (exact) mass is 503 g/mol. The van der Waals surface area contributed by atoms with Crippen molar-refractivity contribution < 1.29 is 26.9 Å². The molecule has 0 N–H and O–H groups in total. The van der Waals surface area contributed by atoms with E-state index in [2.05, 4.69) is 4.90 Å². The fourth-order valence-electron chi connectivity index (χ4n) is 3.59. The SMILES string of the molecule is CN1CCN(c2cc([S+]([O-])n3ccc4ccc(Cl)cc43)ccc2OCC(F)(F)C(F)F)CC1. The Hall–Kier alpha value is -2.14. The van der Waals surface area contributed by atoms with Crippen molar-refractivity contribution in [2.45, 2.75) is 17.2 Å². The molecule has 1 aliphatic rings. The van der Waals surface area contributed by atoms with Gasteiger partial charge in [0.15, 0.2) is 11.5 Å². The Morgan fingerprint density at radius 3 is 2.52 bits per heavy atom. The second kappa shape index (κ2) is 9.61. The van der Waals surface area contributed by atoms with Crippen molar-refractivity contribution in [3.05, 3.63) is 53.7 Å². The van der Waals surface area contributed by atoms with E-state index in [1.54, 1.807) is 28.4 Å². The molecule has 1 aliphatic heterocycles. The second-order valence-electron chi connectivity index (χ2n) is 7.86. The summed E-state index contributed by atoms with van der Waals surface area (Å²) in [5.41, 5.74) is 1.12. The van der Waals surface area contributed by atoms with Gasteiger partial charge in [0.2, 0.25) is 0 Å². The molecule has 0 amide bonds. The zero-order chi connectivity index (χ0) is 23.8. The fraction of sp³-hybridized carbons (Fsp3) is 0.364. The van der Waals surface area contributed by atoms with Gasteiger partial charge in [0.25, 0.3) is 0 Å². The summed E-state index contributed by atoms with van der Waals surface area (Å²) in [7, 11) is 1.96. The number of hydrogen-bond donors (Lipinski definition) is 0. The van der Waals surface area contributed by atoms with Crippen molar-refractivity contribution in [1.82, 2.24) is 8.87 Å². The number of ether oxygens (including phenoxy) is 1. The second-order valence-corrected chi connectivity index (χ2v) is 9.66. The first-order chi connectivity index (χ1) is 15.7. The van der Waals surface area contributed by atoms with Crippen LogP contribution in [0.15, 0.2) is 53.6 Å². The summed E-state index contributed by atoms with van der Waals surface area (Å²) in [4.78, 5) is 4.44.